The van der Waals surface area contributed by atoms with Crippen LogP contribution in [0.4, 0.5) is 0 Å². The fraction of sp³-hybridized carbons (Fsp3) is 1.00. The Hall–Kier alpha value is -0.120. The van der Waals surface area contributed by atoms with E-state index in [1.54, 1.807) is 0 Å². The minimum atomic E-state index is 0.299. The highest BCUT2D eigenvalue weighted by atomic mass is 16.5. The summed E-state index contributed by atoms with van der Waals surface area (Å²) in [5.41, 5.74) is 2.87. The van der Waals surface area contributed by atoms with Gasteiger partial charge in [0.15, 0.2) is 0 Å². The maximum absolute atomic E-state index is 5.60. The Morgan fingerprint density at radius 3 is 2.50 bits per heavy atom. The molecule has 3 heteroatoms. The molecule has 1 fully saturated rings. The molecule has 0 spiro atoms. The average Bonchev–Trinajstić information content (AvgIpc) is 2.88. The molecule has 0 aliphatic heterocycles. The van der Waals surface area contributed by atoms with Crippen LogP contribution in [-0.4, -0.2) is 18.8 Å². The molecule has 1 aliphatic carbocycles. The summed E-state index contributed by atoms with van der Waals surface area (Å²) in [6, 6.07) is 0.370. The van der Waals surface area contributed by atoms with Gasteiger partial charge in [0.05, 0.1) is 12.1 Å². The van der Waals surface area contributed by atoms with Crippen LogP contribution < -0.4 is 11.3 Å². The van der Waals surface area contributed by atoms with Gasteiger partial charge < -0.3 is 4.74 Å². The van der Waals surface area contributed by atoms with Crippen LogP contribution in [0.3, 0.4) is 0 Å². The van der Waals surface area contributed by atoms with Crippen molar-refractivity contribution in [1.82, 2.24) is 5.43 Å². The third-order valence-electron chi connectivity index (χ3n) is 2.51. The van der Waals surface area contributed by atoms with Gasteiger partial charge in [-0.1, -0.05) is 6.92 Å². The van der Waals surface area contributed by atoms with Crippen molar-refractivity contribution in [3.8, 4) is 0 Å². The molecule has 2 unspecified atom stereocenters. The van der Waals surface area contributed by atoms with E-state index in [1.807, 2.05) is 6.92 Å². The molecule has 0 aromatic rings. The topological polar surface area (TPSA) is 47.3 Å². The first kappa shape index (κ1) is 9.96. The van der Waals surface area contributed by atoms with E-state index >= 15 is 0 Å². The maximum atomic E-state index is 5.60. The molecular weight excluding hydrogens is 152 g/mol. The van der Waals surface area contributed by atoms with E-state index < -0.39 is 0 Å². The molecule has 0 bridgehead atoms. The molecule has 3 N–H and O–H groups in total. The van der Waals surface area contributed by atoms with Crippen molar-refractivity contribution in [2.45, 2.75) is 45.3 Å². The first-order valence-corrected chi connectivity index (χ1v) is 4.91. The maximum Gasteiger partial charge on any atom is 0.0741 e. The number of nitrogens with two attached hydrogens (primary N) is 1. The van der Waals surface area contributed by atoms with Crippen molar-refractivity contribution in [2.24, 2.45) is 11.8 Å². The standard InChI is InChI=1S/C9H20N2O/c1-3-8(12-4-2)9(11-10)7-5-6-7/h7-9,11H,3-6,10H2,1-2H3. The Kier molecular flexibility index (Phi) is 3.98. The van der Waals surface area contributed by atoms with Gasteiger partial charge in [-0.25, -0.2) is 0 Å². The normalized spacial score (nSPS) is 22.2. The molecule has 3 nitrogen and oxygen atoms in total. The highest BCUT2D eigenvalue weighted by molar-refractivity contribution is 4.89. The van der Waals surface area contributed by atoms with Crippen molar-refractivity contribution >= 4 is 0 Å². The largest absolute Gasteiger partial charge is 0.377 e. The van der Waals surface area contributed by atoms with E-state index in [1.165, 1.54) is 12.8 Å². The number of hydrogen-bond acceptors (Lipinski definition) is 3. The van der Waals surface area contributed by atoms with Gasteiger partial charge >= 0.3 is 0 Å². The molecule has 72 valence electrons. The van der Waals surface area contributed by atoms with Gasteiger partial charge in [-0.2, -0.15) is 0 Å². The van der Waals surface area contributed by atoms with Crippen molar-refractivity contribution < 1.29 is 4.74 Å². The second-order valence-corrected chi connectivity index (χ2v) is 3.43. The first-order chi connectivity index (χ1) is 5.83. The van der Waals surface area contributed by atoms with Gasteiger partial charge in [0.25, 0.3) is 0 Å². The second-order valence-electron chi connectivity index (χ2n) is 3.43. The van der Waals surface area contributed by atoms with E-state index in [-0.39, 0.29) is 0 Å². The van der Waals surface area contributed by atoms with Crippen LogP contribution in [0.2, 0.25) is 0 Å². The first-order valence-electron chi connectivity index (χ1n) is 4.91. The lowest BCUT2D eigenvalue weighted by Crippen LogP contribution is -2.46. The molecule has 0 amide bonds. The SMILES string of the molecule is CCOC(CC)C(NN)C1CC1. The molecule has 0 aromatic heterocycles. The molecular formula is C9H20N2O. The summed E-state index contributed by atoms with van der Waals surface area (Å²) in [6.07, 6.45) is 3.95. The van der Waals surface area contributed by atoms with Crippen LogP contribution in [0.5, 0.6) is 0 Å². The van der Waals surface area contributed by atoms with Gasteiger partial charge in [0.1, 0.15) is 0 Å². The van der Waals surface area contributed by atoms with E-state index in [0.29, 0.717) is 12.1 Å². The molecule has 0 aromatic carbocycles. The number of rotatable bonds is 6. The lowest BCUT2D eigenvalue weighted by Gasteiger charge is -2.25. The molecule has 1 rings (SSSR count). The summed E-state index contributed by atoms with van der Waals surface area (Å²) >= 11 is 0. The molecule has 12 heavy (non-hydrogen) atoms. The van der Waals surface area contributed by atoms with Crippen LogP contribution >= 0.6 is 0 Å². The fourth-order valence-corrected chi connectivity index (χ4v) is 1.69. The van der Waals surface area contributed by atoms with Crippen molar-refractivity contribution in [1.29, 1.82) is 0 Å². The van der Waals surface area contributed by atoms with Gasteiger partial charge in [-0.05, 0) is 32.1 Å². The molecule has 1 aliphatic rings. The Bertz CT molecular complexity index is 126. The van der Waals surface area contributed by atoms with E-state index in [4.69, 9.17) is 10.6 Å². The van der Waals surface area contributed by atoms with E-state index in [0.717, 1.165) is 18.9 Å². The lowest BCUT2D eigenvalue weighted by molar-refractivity contribution is 0.0260. The third-order valence-corrected chi connectivity index (χ3v) is 2.51. The van der Waals surface area contributed by atoms with Gasteiger partial charge in [-0.15, -0.1) is 0 Å². The number of nitrogens with one attached hydrogen (secondary N) is 1. The zero-order chi connectivity index (χ0) is 8.97. The summed E-state index contributed by atoms with van der Waals surface area (Å²) in [7, 11) is 0. The highest BCUT2D eigenvalue weighted by Crippen LogP contribution is 2.34. The summed E-state index contributed by atoms with van der Waals surface area (Å²) in [5.74, 6) is 6.25. The summed E-state index contributed by atoms with van der Waals surface area (Å²) in [6.45, 7) is 4.96. The van der Waals surface area contributed by atoms with Gasteiger partial charge in [0.2, 0.25) is 0 Å². The third kappa shape index (κ3) is 2.44. The van der Waals surface area contributed by atoms with E-state index in [9.17, 15) is 0 Å². The zero-order valence-electron chi connectivity index (χ0n) is 8.05. The lowest BCUT2D eigenvalue weighted by atomic mass is 10.0. The van der Waals surface area contributed by atoms with Crippen molar-refractivity contribution in [2.75, 3.05) is 6.61 Å². The van der Waals surface area contributed by atoms with Crippen LogP contribution in [-0.2, 0) is 4.74 Å². The van der Waals surface area contributed by atoms with E-state index in [2.05, 4.69) is 12.3 Å². The molecule has 0 radical (unpaired) electrons. The zero-order valence-corrected chi connectivity index (χ0v) is 8.05. The summed E-state index contributed by atoms with van der Waals surface area (Å²) in [5, 5.41) is 0. The monoisotopic (exact) mass is 172 g/mol. The minimum absolute atomic E-state index is 0.299. The molecule has 2 atom stereocenters. The Morgan fingerprint density at radius 2 is 2.17 bits per heavy atom. The van der Waals surface area contributed by atoms with Crippen molar-refractivity contribution in [3.63, 3.8) is 0 Å². The van der Waals surface area contributed by atoms with Crippen LogP contribution in [0.15, 0.2) is 0 Å². The summed E-state index contributed by atoms with van der Waals surface area (Å²) < 4.78 is 5.60. The van der Waals surface area contributed by atoms with Crippen LogP contribution in [0, 0.1) is 5.92 Å². The number of ether oxygens (including phenoxy) is 1. The van der Waals surface area contributed by atoms with Crippen molar-refractivity contribution in [3.05, 3.63) is 0 Å². The molecule has 1 saturated carbocycles. The number of hydrogen-bond donors (Lipinski definition) is 2. The average molecular weight is 172 g/mol. The van der Waals surface area contributed by atoms with Crippen LogP contribution in [0.25, 0.3) is 0 Å². The van der Waals surface area contributed by atoms with Gasteiger partial charge in [0, 0.05) is 6.61 Å². The van der Waals surface area contributed by atoms with Crippen LogP contribution in [0.1, 0.15) is 33.1 Å². The number of hydrazine groups is 1. The Balaban J connectivity index is 2.36. The quantitative estimate of drug-likeness (QED) is 0.465. The minimum Gasteiger partial charge on any atom is -0.377 e. The molecule has 0 saturated heterocycles. The Labute approximate surface area is 74.6 Å². The predicted molar refractivity (Wildman–Crippen MR) is 49.5 cm³/mol. The smallest absolute Gasteiger partial charge is 0.0741 e. The highest BCUT2D eigenvalue weighted by Gasteiger charge is 2.35. The summed E-state index contributed by atoms with van der Waals surface area (Å²) in [4.78, 5) is 0. The predicted octanol–water partition coefficient (Wildman–Crippen LogP) is 1.04. The van der Waals surface area contributed by atoms with Gasteiger partial charge in [-0.3, -0.25) is 11.3 Å². The Morgan fingerprint density at radius 1 is 1.50 bits per heavy atom. The fourth-order valence-electron chi connectivity index (χ4n) is 1.69. The second kappa shape index (κ2) is 4.80. The molecule has 0 heterocycles.